The zero-order chi connectivity index (χ0) is 20.4. The summed E-state index contributed by atoms with van der Waals surface area (Å²) in [5, 5.41) is 5.76. The molecule has 2 aromatic carbocycles. The van der Waals surface area contributed by atoms with Crippen LogP contribution >= 0.6 is 0 Å². The second-order valence-electron chi connectivity index (χ2n) is 6.36. The van der Waals surface area contributed by atoms with Gasteiger partial charge in [0.15, 0.2) is 5.96 Å². The molecular weight excluding hydrogens is 354 g/mol. The van der Waals surface area contributed by atoms with Crippen LogP contribution in [0.5, 0.6) is 0 Å². The number of amides is 2. The third-order valence-corrected chi connectivity index (χ3v) is 4.01. The van der Waals surface area contributed by atoms with E-state index in [0.717, 1.165) is 24.6 Å². The number of hydrogen-bond acceptors (Lipinski definition) is 3. The largest absolute Gasteiger partial charge is 0.368 e. The summed E-state index contributed by atoms with van der Waals surface area (Å²) < 4.78 is 0. The Morgan fingerprint density at radius 2 is 1.68 bits per heavy atom. The Kier molecular flexibility index (Phi) is 8.02. The first-order chi connectivity index (χ1) is 13.5. The van der Waals surface area contributed by atoms with Gasteiger partial charge in [-0.05, 0) is 30.2 Å². The molecule has 2 rings (SSSR count). The molecular formula is C21H27N5O2. The van der Waals surface area contributed by atoms with Crippen molar-refractivity contribution in [2.75, 3.05) is 20.1 Å². The fourth-order valence-electron chi connectivity index (χ4n) is 2.60. The van der Waals surface area contributed by atoms with Crippen molar-refractivity contribution in [3.8, 4) is 0 Å². The standard InChI is InChI=1S/C21H27N5O2/c1-3-23-21(26(2)15-17-7-5-4-6-8-17)25-13-16-9-11-18(12-10-16)20(28)24-14-19(22)27/h4-12H,3,13-15H2,1-2H3,(H2,22,27)(H,23,25)(H,24,28). The smallest absolute Gasteiger partial charge is 0.251 e. The second-order valence-corrected chi connectivity index (χ2v) is 6.36. The molecule has 0 radical (unpaired) electrons. The number of carbonyl (C=O) groups is 2. The molecule has 0 atom stereocenters. The van der Waals surface area contributed by atoms with E-state index >= 15 is 0 Å². The van der Waals surface area contributed by atoms with E-state index < -0.39 is 5.91 Å². The molecule has 0 aromatic heterocycles. The molecule has 7 heteroatoms. The van der Waals surface area contributed by atoms with Crippen LogP contribution in [-0.2, 0) is 17.9 Å². The summed E-state index contributed by atoms with van der Waals surface area (Å²) >= 11 is 0. The number of nitrogens with two attached hydrogens (primary N) is 1. The van der Waals surface area contributed by atoms with Gasteiger partial charge >= 0.3 is 0 Å². The van der Waals surface area contributed by atoms with Gasteiger partial charge in [-0.15, -0.1) is 0 Å². The lowest BCUT2D eigenvalue weighted by molar-refractivity contribution is -0.117. The maximum atomic E-state index is 11.9. The Morgan fingerprint density at radius 1 is 1.00 bits per heavy atom. The first-order valence-corrected chi connectivity index (χ1v) is 9.18. The first kappa shape index (κ1) is 21.0. The predicted molar refractivity (Wildman–Crippen MR) is 111 cm³/mol. The number of primary amides is 1. The Labute approximate surface area is 165 Å². The summed E-state index contributed by atoms with van der Waals surface area (Å²) in [6.07, 6.45) is 0. The third kappa shape index (κ3) is 6.75. The molecule has 148 valence electrons. The van der Waals surface area contributed by atoms with E-state index in [1.807, 2.05) is 44.3 Å². The molecule has 0 aliphatic rings. The van der Waals surface area contributed by atoms with Crippen LogP contribution < -0.4 is 16.4 Å². The van der Waals surface area contributed by atoms with Gasteiger partial charge in [-0.1, -0.05) is 42.5 Å². The lowest BCUT2D eigenvalue weighted by Crippen LogP contribution is -2.38. The van der Waals surface area contributed by atoms with Crippen molar-refractivity contribution in [1.82, 2.24) is 15.5 Å². The molecule has 4 N–H and O–H groups in total. The van der Waals surface area contributed by atoms with Gasteiger partial charge in [-0.25, -0.2) is 4.99 Å². The Balaban J connectivity index is 1.99. The molecule has 2 aromatic rings. The average molecular weight is 381 g/mol. The number of aliphatic imine (C=N–C) groups is 1. The van der Waals surface area contributed by atoms with Gasteiger partial charge in [0.25, 0.3) is 5.91 Å². The number of rotatable bonds is 8. The van der Waals surface area contributed by atoms with E-state index in [1.165, 1.54) is 5.56 Å². The van der Waals surface area contributed by atoms with Gasteiger partial charge in [-0.2, -0.15) is 0 Å². The van der Waals surface area contributed by atoms with Crippen LogP contribution in [0.4, 0.5) is 0 Å². The number of carbonyl (C=O) groups excluding carboxylic acids is 2. The maximum absolute atomic E-state index is 11.9. The van der Waals surface area contributed by atoms with Crippen LogP contribution in [0.3, 0.4) is 0 Å². The van der Waals surface area contributed by atoms with E-state index in [1.54, 1.807) is 12.1 Å². The Hall–Kier alpha value is -3.35. The predicted octanol–water partition coefficient (Wildman–Crippen LogP) is 1.50. The van der Waals surface area contributed by atoms with Crippen LogP contribution in [-0.4, -0.2) is 42.8 Å². The molecule has 0 heterocycles. The third-order valence-electron chi connectivity index (χ3n) is 4.01. The fraction of sp³-hybridized carbons (Fsp3) is 0.286. The second kappa shape index (κ2) is 10.7. The van der Waals surface area contributed by atoms with Crippen molar-refractivity contribution < 1.29 is 9.59 Å². The average Bonchev–Trinajstić information content (AvgIpc) is 2.70. The van der Waals surface area contributed by atoms with Crippen LogP contribution in [0.2, 0.25) is 0 Å². The molecule has 2 amide bonds. The molecule has 0 saturated heterocycles. The highest BCUT2D eigenvalue weighted by Gasteiger charge is 2.08. The van der Waals surface area contributed by atoms with Crippen molar-refractivity contribution in [1.29, 1.82) is 0 Å². The first-order valence-electron chi connectivity index (χ1n) is 9.18. The van der Waals surface area contributed by atoms with E-state index in [4.69, 9.17) is 5.73 Å². The van der Waals surface area contributed by atoms with Gasteiger partial charge in [0.2, 0.25) is 5.91 Å². The molecule has 0 unspecified atom stereocenters. The van der Waals surface area contributed by atoms with E-state index in [0.29, 0.717) is 12.1 Å². The molecule has 0 fully saturated rings. The highest BCUT2D eigenvalue weighted by Crippen LogP contribution is 2.07. The molecule has 28 heavy (non-hydrogen) atoms. The van der Waals surface area contributed by atoms with Crippen molar-refractivity contribution in [2.24, 2.45) is 10.7 Å². The van der Waals surface area contributed by atoms with Crippen LogP contribution in [0.15, 0.2) is 59.6 Å². The fourth-order valence-corrected chi connectivity index (χ4v) is 2.60. The zero-order valence-electron chi connectivity index (χ0n) is 16.3. The van der Waals surface area contributed by atoms with Crippen molar-refractivity contribution >= 4 is 17.8 Å². The quantitative estimate of drug-likeness (QED) is 0.477. The summed E-state index contributed by atoms with van der Waals surface area (Å²) in [5.41, 5.74) is 7.70. The van der Waals surface area contributed by atoms with E-state index in [2.05, 4.69) is 32.7 Å². The molecule has 0 saturated carbocycles. The maximum Gasteiger partial charge on any atom is 0.251 e. The van der Waals surface area contributed by atoms with Gasteiger partial charge in [0, 0.05) is 25.7 Å². The van der Waals surface area contributed by atoms with Crippen LogP contribution in [0.25, 0.3) is 0 Å². The minimum absolute atomic E-state index is 0.176. The van der Waals surface area contributed by atoms with E-state index in [9.17, 15) is 9.59 Å². The van der Waals surface area contributed by atoms with Gasteiger partial charge in [0.1, 0.15) is 0 Å². The molecule has 0 aliphatic carbocycles. The zero-order valence-corrected chi connectivity index (χ0v) is 16.3. The monoisotopic (exact) mass is 381 g/mol. The van der Waals surface area contributed by atoms with Gasteiger partial charge in [0.05, 0.1) is 13.1 Å². The molecule has 0 aliphatic heterocycles. The summed E-state index contributed by atoms with van der Waals surface area (Å²) in [6.45, 7) is 3.88. The number of benzene rings is 2. The minimum Gasteiger partial charge on any atom is -0.368 e. The SMILES string of the molecule is CCNC(=NCc1ccc(C(=O)NCC(N)=O)cc1)N(C)Cc1ccccc1. The van der Waals surface area contributed by atoms with Gasteiger partial charge < -0.3 is 21.3 Å². The number of nitrogens with zero attached hydrogens (tertiary/aromatic N) is 2. The van der Waals surface area contributed by atoms with Crippen LogP contribution in [0.1, 0.15) is 28.4 Å². The summed E-state index contributed by atoms with van der Waals surface area (Å²) in [4.78, 5) is 29.4. The van der Waals surface area contributed by atoms with Crippen molar-refractivity contribution in [3.05, 3.63) is 71.3 Å². The molecule has 7 nitrogen and oxygen atoms in total. The van der Waals surface area contributed by atoms with E-state index in [-0.39, 0.29) is 12.5 Å². The summed E-state index contributed by atoms with van der Waals surface area (Å²) in [6, 6.07) is 17.3. The van der Waals surface area contributed by atoms with Crippen molar-refractivity contribution in [3.63, 3.8) is 0 Å². The minimum atomic E-state index is -0.574. The summed E-state index contributed by atoms with van der Waals surface area (Å²) in [5.74, 6) is -0.0886. The normalized spacial score (nSPS) is 11.0. The highest BCUT2D eigenvalue weighted by molar-refractivity contribution is 5.96. The molecule has 0 bridgehead atoms. The lowest BCUT2D eigenvalue weighted by Gasteiger charge is -2.22. The van der Waals surface area contributed by atoms with Crippen LogP contribution in [0, 0.1) is 0 Å². The lowest BCUT2D eigenvalue weighted by atomic mass is 10.1. The number of nitrogens with one attached hydrogen (secondary N) is 2. The highest BCUT2D eigenvalue weighted by atomic mass is 16.2. The van der Waals surface area contributed by atoms with Gasteiger partial charge in [-0.3, -0.25) is 9.59 Å². The number of guanidine groups is 1. The summed E-state index contributed by atoms with van der Waals surface area (Å²) in [7, 11) is 2.00. The topological polar surface area (TPSA) is 99.8 Å². The number of hydrogen-bond donors (Lipinski definition) is 3. The Bertz CT molecular complexity index is 803. The van der Waals surface area contributed by atoms with Crippen molar-refractivity contribution in [2.45, 2.75) is 20.0 Å². The Morgan fingerprint density at radius 3 is 2.29 bits per heavy atom. The molecule has 0 spiro atoms.